The van der Waals surface area contributed by atoms with E-state index in [1.54, 1.807) is 6.07 Å². The second-order valence-electron chi connectivity index (χ2n) is 4.52. The number of aromatic nitrogens is 1. The molecule has 98 valence electrons. The van der Waals surface area contributed by atoms with Gasteiger partial charge in [0.05, 0.1) is 10.2 Å². The molecule has 0 atom stereocenters. The molecule has 3 nitrogen and oxygen atoms in total. The lowest BCUT2D eigenvalue weighted by Crippen LogP contribution is -1.97. The van der Waals surface area contributed by atoms with Crippen LogP contribution in [-0.4, -0.2) is 4.98 Å². The average Bonchev–Trinajstić information content (AvgIpc) is 2.83. The van der Waals surface area contributed by atoms with Crippen LogP contribution < -0.4 is 10.5 Å². The first-order chi connectivity index (χ1) is 9.13. The Morgan fingerprint density at radius 1 is 1.26 bits per heavy atom. The van der Waals surface area contributed by atoms with Crippen LogP contribution in [0.3, 0.4) is 0 Å². The molecule has 0 unspecified atom stereocenters. The summed E-state index contributed by atoms with van der Waals surface area (Å²) in [5.41, 5.74) is 8.50. The van der Waals surface area contributed by atoms with Gasteiger partial charge in [0, 0.05) is 17.8 Å². The lowest BCUT2D eigenvalue weighted by Gasteiger charge is -2.09. The second-order valence-corrected chi connectivity index (χ2v) is 5.37. The molecule has 0 radical (unpaired) electrons. The zero-order valence-corrected chi connectivity index (χ0v) is 11.7. The van der Waals surface area contributed by atoms with Crippen LogP contribution in [0.15, 0.2) is 28.7 Å². The first kappa shape index (κ1) is 12.4. The van der Waals surface area contributed by atoms with Crippen molar-refractivity contribution in [2.75, 3.05) is 5.73 Å². The van der Waals surface area contributed by atoms with Gasteiger partial charge in [-0.1, -0.05) is 6.07 Å². The Morgan fingerprint density at radius 3 is 2.95 bits per heavy atom. The average molecular weight is 323 g/mol. The molecule has 0 bridgehead atoms. The number of rotatable bonds is 2. The highest BCUT2D eigenvalue weighted by Gasteiger charge is 2.14. The predicted octanol–water partition coefficient (Wildman–Crippen LogP) is 3.85. The molecule has 1 aliphatic carbocycles. The zero-order valence-electron chi connectivity index (χ0n) is 10.1. The SMILES string of the molecule is Nc1cc(Br)c(F)cc1Oc1ccc2c(n1)CCC2. The Labute approximate surface area is 118 Å². The maximum absolute atomic E-state index is 13.5. The number of nitrogen functional groups attached to an aromatic ring is 1. The van der Waals surface area contributed by atoms with Crippen molar-refractivity contribution < 1.29 is 9.13 Å². The molecule has 1 heterocycles. The van der Waals surface area contributed by atoms with E-state index in [4.69, 9.17) is 10.5 Å². The third-order valence-electron chi connectivity index (χ3n) is 3.17. The van der Waals surface area contributed by atoms with Gasteiger partial charge in [-0.2, -0.15) is 0 Å². The van der Waals surface area contributed by atoms with Crippen LogP contribution in [0.4, 0.5) is 10.1 Å². The zero-order chi connectivity index (χ0) is 13.4. The van der Waals surface area contributed by atoms with Crippen molar-refractivity contribution in [2.45, 2.75) is 19.3 Å². The summed E-state index contributed by atoms with van der Waals surface area (Å²) < 4.78 is 19.4. The summed E-state index contributed by atoms with van der Waals surface area (Å²) in [5, 5.41) is 0. The fraction of sp³-hybridized carbons (Fsp3) is 0.214. The highest BCUT2D eigenvalue weighted by molar-refractivity contribution is 9.10. The van der Waals surface area contributed by atoms with Gasteiger partial charge in [0.15, 0.2) is 5.75 Å². The minimum Gasteiger partial charge on any atom is -0.437 e. The second kappa shape index (κ2) is 4.81. The van der Waals surface area contributed by atoms with Crippen molar-refractivity contribution in [3.05, 3.63) is 45.8 Å². The fourth-order valence-corrected chi connectivity index (χ4v) is 2.56. The number of nitrogens with zero attached hydrogens (tertiary/aromatic N) is 1. The standard InChI is InChI=1S/C14H12BrFN2O/c15-9-6-11(17)13(7-10(9)16)19-14-5-4-8-2-1-3-12(8)18-14/h4-7H,1-3,17H2. The third-order valence-corrected chi connectivity index (χ3v) is 3.78. The van der Waals surface area contributed by atoms with Gasteiger partial charge in [0.2, 0.25) is 5.88 Å². The molecule has 1 aromatic carbocycles. The molecule has 0 saturated heterocycles. The van der Waals surface area contributed by atoms with Crippen molar-refractivity contribution >= 4 is 21.6 Å². The van der Waals surface area contributed by atoms with Crippen LogP contribution in [0.2, 0.25) is 0 Å². The third kappa shape index (κ3) is 2.42. The molecule has 1 aliphatic rings. The van der Waals surface area contributed by atoms with E-state index in [0.29, 0.717) is 16.0 Å². The number of fused-ring (bicyclic) bond motifs is 1. The highest BCUT2D eigenvalue weighted by atomic mass is 79.9. The first-order valence-electron chi connectivity index (χ1n) is 6.04. The molecule has 2 aromatic rings. The van der Waals surface area contributed by atoms with Gasteiger partial charge in [0.25, 0.3) is 0 Å². The molecule has 0 amide bonds. The largest absolute Gasteiger partial charge is 0.437 e. The molecule has 5 heteroatoms. The Hall–Kier alpha value is -1.62. The van der Waals surface area contributed by atoms with E-state index in [9.17, 15) is 4.39 Å². The number of hydrogen-bond donors (Lipinski definition) is 1. The molecule has 1 aromatic heterocycles. The Morgan fingerprint density at radius 2 is 2.11 bits per heavy atom. The highest BCUT2D eigenvalue weighted by Crippen LogP contribution is 2.32. The van der Waals surface area contributed by atoms with E-state index in [0.717, 1.165) is 25.0 Å². The summed E-state index contributed by atoms with van der Waals surface area (Å²) in [7, 11) is 0. The number of hydrogen-bond acceptors (Lipinski definition) is 3. The fourth-order valence-electron chi connectivity index (χ4n) is 2.20. The molecular weight excluding hydrogens is 311 g/mol. The van der Waals surface area contributed by atoms with Crippen molar-refractivity contribution in [2.24, 2.45) is 0 Å². The van der Waals surface area contributed by atoms with Crippen molar-refractivity contribution in [1.29, 1.82) is 0 Å². The molecular formula is C14H12BrFN2O. The van der Waals surface area contributed by atoms with E-state index in [1.807, 2.05) is 6.07 Å². The molecule has 2 N–H and O–H groups in total. The van der Waals surface area contributed by atoms with E-state index in [2.05, 4.69) is 20.9 Å². The van der Waals surface area contributed by atoms with E-state index in [1.165, 1.54) is 17.7 Å². The summed E-state index contributed by atoms with van der Waals surface area (Å²) in [5.74, 6) is 0.325. The van der Waals surface area contributed by atoms with Crippen LogP contribution in [-0.2, 0) is 12.8 Å². The molecule has 0 aliphatic heterocycles. The molecule has 3 rings (SSSR count). The van der Waals surface area contributed by atoms with E-state index >= 15 is 0 Å². The summed E-state index contributed by atoms with van der Waals surface area (Å²) in [6.07, 6.45) is 3.16. The van der Waals surface area contributed by atoms with Crippen molar-refractivity contribution in [1.82, 2.24) is 4.98 Å². The smallest absolute Gasteiger partial charge is 0.219 e. The van der Waals surface area contributed by atoms with Crippen molar-refractivity contribution in [3.8, 4) is 11.6 Å². The summed E-state index contributed by atoms with van der Waals surface area (Å²) >= 11 is 3.08. The Bertz CT molecular complexity index is 646. The number of ether oxygens (including phenoxy) is 1. The molecule has 0 fully saturated rings. The maximum atomic E-state index is 13.5. The summed E-state index contributed by atoms with van der Waals surface area (Å²) in [6, 6.07) is 6.55. The number of nitrogens with two attached hydrogens (primary N) is 1. The topological polar surface area (TPSA) is 48.1 Å². The number of aryl methyl sites for hydroxylation is 2. The van der Waals surface area contributed by atoms with Crippen LogP contribution >= 0.6 is 15.9 Å². The van der Waals surface area contributed by atoms with Gasteiger partial charge in [-0.05, 0) is 46.8 Å². The summed E-state index contributed by atoms with van der Waals surface area (Å²) in [6.45, 7) is 0. The van der Waals surface area contributed by atoms with Crippen molar-refractivity contribution in [3.63, 3.8) is 0 Å². The Balaban J connectivity index is 1.91. The van der Waals surface area contributed by atoms with Gasteiger partial charge in [-0.3, -0.25) is 0 Å². The lowest BCUT2D eigenvalue weighted by atomic mass is 10.2. The van der Waals surface area contributed by atoms with Gasteiger partial charge in [0.1, 0.15) is 5.82 Å². The van der Waals surface area contributed by atoms with Gasteiger partial charge in [-0.15, -0.1) is 0 Å². The Kier molecular flexibility index (Phi) is 3.14. The number of anilines is 1. The molecule has 0 spiro atoms. The number of pyridine rings is 1. The molecule has 19 heavy (non-hydrogen) atoms. The lowest BCUT2D eigenvalue weighted by molar-refractivity contribution is 0.458. The number of benzene rings is 1. The van der Waals surface area contributed by atoms with Crippen LogP contribution in [0.1, 0.15) is 17.7 Å². The minimum absolute atomic E-state index is 0.283. The normalized spacial score (nSPS) is 13.4. The van der Waals surface area contributed by atoms with E-state index < -0.39 is 5.82 Å². The van der Waals surface area contributed by atoms with Crippen LogP contribution in [0.25, 0.3) is 0 Å². The predicted molar refractivity (Wildman–Crippen MR) is 74.8 cm³/mol. The minimum atomic E-state index is -0.412. The number of halogens is 2. The summed E-state index contributed by atoms with van der Waals surface area (Å²) in [4.78, 5) is 4.43. The maximum Gasteiger partial charge on any atom is 0.219 e. The molecule has 0 saturated carbocycles. The van der Waals surface area contributed by atoms with Gasteiger partial charge in [-0.25, -0.2) is 9.37 Å². The van der Waals surface area contributed by atoms with Crippen LogP contribution in [0.5, 0.6) is 11.6 Å². The first-order valence-corrected chi connectivity index (χ1v) is 6.84. The van der Waals surface area contributed by atoms with Gasteiger partial charge < -0.3 is 10.5 Å². The quantitative estimate of drug-likeness (QED) is 0.854. The van der Waals surface area contributed by atoms with Crippen LogP contribution in [0, 0.1) is 5.82 Å². The monoisotopic (exact) mass is 322 g/mol. The van der Waals surface area contributed by atoms with Gasteiger partial charge >= 0.3 is 0 Å². The van der Waals surface area contributed by atoms with E-state index in [-0.39, 0.29) is 5.75 Å².